The minimum atomic E-state index is -0.860. The summed E-state index contributed by atoms with van der Waals surface area (Å²) in [6.45, 7) is 4.35. The first-order chi connectivity index (χ1) is 35.7. The van der Waals surface area contributed by atoms with E-state index in [0.717, 1.165) is 32.1 Å². The summed E-state index contributed by atoms with van der Waals surface area (Å²) in [7, 11) is 0. The van der Waals surface area contributed by atoms with Gasteiger partial charge in [-0.3, -0.25) is 4.79 Å². The average Bonchev–Trinajstić information content (AvgIpc) is 3.39. The lowest BCUT2D eigenvalue weighted by atomic mass is 10.0. The van der Waals surface area contributed by atoms with Crippen molar-refractivity contribution < 1.29 is 15.0 Å². The molecule has 0 saturated heterocycles. The van der Waals surface area contributed by atoms with Crippen LogP contribution in [0, 0.1) is 0 Å². The molecule has 72 heavy (non-hydrogen) atoms. The highest BCUT2D eigenvalue weighted by Crippen LogP contribution is 2.19. The molecule has 0 aliphatic heterocycles. The minimum absolute atomic E-state index is 0.0650. The molecule has 2 unspecified atom stereocenters. The third-order valence-corrected chi connectivity index (χ3v) is 15.9. The average molecular weight is 1010 g/mol. The van der Waals surface area contributed by atoms with E-state index in [1.54, 1.807) is 6.08 Å². The van der Waals surface area contributed by atoms with E-state index in [2.05, 4.69) is 31.3 Å². The number of aliphatic hydroxyl groups is 2. The molecule has 0 aromatic heterocycles. The van der Waals surface area contributed by atoms with Crippen molar-refractivity contribution in [3.8, 4) is 0 Å². The zero-order valence-electron chi connectivity index (χ0n) is 49.5. The van der Waals surface area contributed by atoms with Crippen LogP contribution in [0.25, 0.3) is 0 Å². The van der Waals surface area contributed by atoms with Gasteiger partial charge in [0.15, 0.2) is 0 Å². The van der Waals surface area contributed by atoms with Crippen molar-refractivity contribution in [1.29, 1.82) is 0 Å². The molecule has 4 heteroatoms. The number of allylic oxidation sites excluding steroid dienone is 3. The van der Waals surface area contributed by atoms with Crippen molar-refractivity contribution in [1.82, 2.24) is 5.32 Å². The quantitative estimate of drug-likeness (QED) is 0.0420. The molecule has 428 valence electrons. The van der Waals surface area contributed by atoms with Crippen LogP contribution < -0.4 is 5.32 Å². The van der Waals surface area contributed by atoms with E-state index in [1.807, 2.05) is 6.08 Å². The fourth-order valence-electron chi connectivity index (χ4n) is 10.8. The molecule has 2 atom stereocenters. The van der Waals surface area contributed by atoms with Gasteiger partial charge in [-0.1, -0.05) is 372 Å². The van der Waals surface area contributed by atoms with Crippen LogP contribution in [-0.2, 0) is 4.79 Å². The van der Waals surface area contributed by atoms with Crippen LogP contribution in [0.15, 0.2) is 24.3 Å². The molecule has 0 rings (SSSR count). The molecule has 1 amide bonds. The smallest absolute Gasteiger partial charge is 0.220 e. The Bertz CT molecular complexity index is 1060. The first-order valence-electron chi connectivity index (χ1n) is 33.6. The molecule has 0 spiro atoms. The predicted molar refractivity (Wildman–Crippen MR) is 322 cm³/mol. The molecule has 4 nitrogen and oxygen atoms in total. The van der Waals surface area contributed by atoms with Gasteiger partial charge in [0, 0.05) is 6.42 Å². The van der Waals surface area contributed by atoms with Gasteiger partial charge in [-0.2, -0.15) is 0 Å². The van der Waals surface area contributed by atoms with Crippen LogP contribution in [-0.4, -0.2) is 34.9 Å². The minimum Gasteiger partial charge on any atom is -0.394 e. The Morgan fingerprint density at radius 1 is 0.319 bits per heavy atom. The topological polar surface area (TPSA) is 69.6 Å². The molecule has 3 N–H and O–H groups in total. The zero-order chi connectivity index (χ0) is 52.0. The van der Waals surface area contributed by atoms with Crippen LogP contribution in [0.2, 0.25) is 0 Å². The number of nitrogens with one attached hydrogen (secondary N) is 1. The van der Waals surface area contributed by atoms with E-state index in [1.165, 1.54) is 334 Å². The molecular weight excluding hydrogens is 879 g/mol. The molecule has 0 aromatic carbocycles. The number of hydrogen-bond donors (Lipinski definition) is 3. The second kappa shape index (κ2) is 64.2. The fraction of sp³-hybridized carbons (Fsp3) is 0.926. The molecule has 0 radical (unpaired) electrons. The van der Waals surface area contributed by atoms with Crippen molar-refractivity contribution in [2.24, 2.45) is 0 Å². The molecule has 0 aliphatic carbocycles. The van der Waals surface area contributed by atoms with Gasteiger partial charge >= 0.3 is 0 Å². The summed E-state index contributed by atoms with van der Waals surface area (Å²) < 4.78 is 0. The van der Waals surface area contributed by atoms with Gasteiger partial charge in [-0.25, -0.2) is 0 Å². The second-order valence-corrected chi connectivity index (χ2v) is 23.2. The van der Waals surface area contributed by atoms with Crippen LogP contribution in [0.5, 0.6) is 0 Å². The van der Waals surface area contributed by atoms with Gasteiger partial charge in [-0.05, 0) is 32.1 Å². The van der Waals surface area contributed by atoms with E-state index in [-0.39, 0.29) is 12.5 Å². The van der Waals surface area contributed by atoms with Crippen LogP contribution in [0.3, 0.4) is 0 Å². The van der Waals surface area contributed by atoms with Gasteiger partial charge in [-0.15, -0.1) is 0 Å². The summed E-state index contributed by atoms with van der Waals surface area (Å²) in [4.78, 5) is 12.5. The maximum absolute atomic E-state index is 12.5. The van der Waals surface area contributed by atoms with Gasteiger partial charge in [0.1, 0.15) is 0 Å². The Kier molecular flexibility index (Phi) is 63.2. The summed E-state index contributed by atoms with van der Waals surface area (Å²) in [6, 6.07) is -0.637. The third-order valence-electron chi connectivity index (χ3n) is 15.9. The summed E-state index contributed by atoms with van der Waals surface area (Å²) in [5, 5.41) is 23.2. The van der Waals surface area contributed by atoms with Crippen molar-refractivity contribution >= 4 is 5.91 Å². The molecule has 0 saturated carbocycles. The Morgan fingerprint density at radius 2 is 0.542 bits per heavy atom. The lowest BCUT2D eigenvalue weighted by Crippen LogP contribution is -2.45. The first-order valence-corrected chi connectivity index (χ1v) is 33.6. The molecule has 0 aliphatic rings. The second-order valence-electron chi connectivity index (χ2n) is 23.2. The van der Waals surface area contributed by atoms with E-state index in [4.69, 9.17) is 0 Å². The Morgan fingerprint density at radius 3 is 0.806 bits per heavy atom. The molecule has 0 fully saturated rings. The lowest BCUT2D eigenvalue weighted by molar-refractivity contribution is -0.123. The largest absolute Gasteiger partial charge is 0.394 e. The predicted octanol–water partition coefficient (Wildman–Crippen LogP) is 22.6. The summed E-state index contributed by atoms with van der Waals surface area (Å²) in [5.41, 5.74) is 0. The Labute approximate surface area is 453 Å². The van der Waals surface area contributed by atoms with Crippen molar-refractivity contribution in [2.45, 2.75) is 398 Å². The van der Waals surface area contributed by atoms with E-state index in [9.17, 15) is 15.0 Å². The van der Waals surface area contributed by atoms with E-state index >= 15 is 0 Å². The number of unbranched alkanes of at least 4 members (excludes halogenated alkanes) is 54. The zero-order valence-corrected chi connectivity index (χ0v) is 49.5. The van der Waals surface area contributed by atoms with Gasteiger partial charge in [0.25, 0.3) is 0 Å². The third kappa shape index (κ3) is 59.7. The normalized spacial score (nSPS) is 12.8. The maximum atomic E-state index is 12.5. The lowest BCUT2D eigenvalue weighted by Gasteiger charge is -2.19. The van der Waals surface area contributed by atoms with Gasteiger partial charge in [0.05, 0.1) is 18.8 Å². The standard InChI is InChI=1S/C68H133NO3/c1-3-5-7-9-11-13-15-17-19-21-23-25-26-27-28-29-30-31-32-33-34-35-36-37-38-39-40-41-42-44-46-48-50-52-54-56-58-60-62-64-68(72)69-66(65-70)67(71)63-61-59-57-55-53-51-49-47-45-43-24-22-20-18-16-14-12-10-8-6-4-2/h53,55,61,63,66-67,70-71H,3-52,54,56-60,62,64-65H2,1-2H3,(H,69,72)/b55-53+,63-61+. The number of hydrogen-bond acceptors (Lipinski definition) is 3. The summed E-state index contributed by atoms with van der Waals surface area (Å²) >= 11 is 0. The molecule has 0 heterocycles. The van der Waals surface area contributed by atoms with Crippen molar-refractivity contribution in [3.63, 3.8) is 0 Å². The number of carbonyl (C=O) groups is 1. The number of aliphatic hydroxyl groups excluding tert-OH is 2. The monoisotopic (exact) mass is 1010 g/mol. The first kappa shape index (κ1) is 70.9. The highest BCUT2D eigenvalue weighted by molar-refractivity contribution is 5.76. The summed E-state index contributed by atoms with van der Waals surface area (Å²) in [6.07, 6.45) is 87.0. The maximum Gasteiger partial charge on any atom is 0.220 e. The van der Waals surface area contributed by atoms with E-state index < -0.39 is 12.1 Å². The Balaban J connectivity index is 3.39. The summed E-state index contributed by atoms with van der Waals surface area (Å²) in [5.74, 6) is -0.0650. The van der Waals surface area contributed by atoms with Crippen LogP contribution in [0.4, 0.5) is 0 Å². The highest BCUT2D eigenvalue weighted by atomic mass is 16.3. The SMILES string of the molecule is CCCCCCCCCCCCCCCCC/C=C/CC/C=C/C(O)C(CO)NC(=O)CCCCCCCCCCCCCCCCCCCCCCCCCCCCCCCCCCCCCCCCC. The molecule has 0 bridgehead atoms. The number of rotatable bonds is 63. The van der Waals surface area contributed by atoms with E-state index in [0.29, 0.717) is 6.42 Å². The van der Waals surface area contributed by atoms with Gasteiger partial charge < -0.3 is 15.5 Å². The molecule has 0 aromatic rings. The Hall–Kier alpha value is -1.13. The fourth-order valence-corrected chi connectivity index (χ4v) is 10.8. The van der Waals surface area contributed by atoms with Crippen LogP contribution in [0.1, 0.15) is 386 Å². The molecular formula is C68H133NO3. The number of carbonyl (C=O) groups excluding carboxylic acids is 1. The highest BCUT2D eigenvalue weighted by Gasteiger charge is 2.18. The van der Waals surface area contributed by atoms with Gasteiger partial charge in [0.2, 0.25) is 5.91 Å². The van der Waals surface area contributed by atoms with Crippen LogP contribution >= 0.6 is 0 Å². The van der Waals surface area contributed by atoms with Crippen molar-refractivity contribution in [2.75, 3.05) is 6.61 Å². The van der Waals surface area contributed by atoms with Crippen molar-refractivity contribution in [3.05, 3.63) is 24.3 Å². The number of amides is 1.